The highest BCUT2D eigenvalue weighted by atomic mass is 79.9. The maximum Gasteiger partial charge on any atom is 0.264 e. The molecule has 0 aromatic heterocycles. The monoisotopic (exact) mass is 703 g/mol. The van der Waals surface area contributed by atoms with Crippen LogP contribution in [0.25, 0.3) is 0 Å². The predicted molar refractivity (Wildman–Crippen MR) is 188 cm³/mol. The molecule has 7 nitrogen and oxygen atoms in total. The molecule has 0 fully saturated rings. The molecular weight excluding hydrogens is 662 g/mol. The molecule has 0 aliphatic heterocycles. The lowest BCUT2D eigenvalue weighted by molar-refractivity contribution is -0.140. The van der Waals surface area contributed by atoms with Crippen LogP contribution in [0, 0.1) is 20.8 Å². The Labute approximate surface area is 281 Å². The lowest BCUT2D eigenvalue weighted by atomic mass is 10.0. The molecule has 0 radical (unpaired) electrons. The second-order valence-corrected chi connectivity index (χ2v) is 14.4. The van der Waals surface area contributed by atoms with Gasteiger partial charge in [-0.25, -0.2) is 8.42 Å². The quantitative estimate of drug-likeness (QED) is 0.142. The number of nitrogens with one attached hydrogen (secondary N) is 1. The summed E-state index contributed by atoms with van der Waals surface area (Å²) in [7, 11) is -4.15. The Morgan fingerprint density at radius 1 is 0.804 bits per heavy atom. The Hall–Kier alpha value is -3.95. The third-order valence-corrected chi connectivity index (χ3v) is 10.1. The second kappa shape index (κ2) is 16.1. The first-order valence-corrected chi connectivity index (χ1v) is 17.7. The number of aryl methyl sites for hydroxylation is 3. The number of hydrogen-bond donors (Lipinski definition) is 1. The van der Waals surface area contributed by atoms with Crippen LogP contribution in [0.3, 0.4) is 0 Å². The van der Waals surface area contributed by atoms with Gasteiger partial charge in [-0.15, -0.1) is 0 Å². The highest BCUT2D eigenvalue weighted by molar-refractivity contribution is 9.10. The molecule has 4 rings (SSSR count). The fourth-order valence-corrected chi connectivity index (χ4v) is 6.97. The van der Waals surface area contributed by atoms with Crippen molar-refractivity contribution in [2.75, 3.05) is 17.4 Å². The predicted octanol–water partition coefficient (Wildman–Crippen LogP) is 7.13. The summed E-state index contributed by atoms with van der Waals surface area (Å²) in [6.07, 6.45) is 1.99. The van der Waals surface area contributed by atoms with Gasteiger partial charge in [0.15, 0.2) is 0 Å². The number of anilines is 1. The summed E-state index contributed by atoms with van der Waals surface area (Å²) in [6, 6.07) is 28.3. The summed E-state index contributed by atoms with van der Waals surface area (Å²) >= 11 is 3.47. The van der Waals surface area contributed by atoms with Crippen LogP contribution < -0.4 is 9.62 Å². The van der Waals surface area contributed by atoms with E-state index < -0.39 is 28.5 Å². The molecule has 2 amide bonds. The standard InChI is InChI=1S/C37H42BrN3O4S/c1-5-6-20-39-37(43)35(24-30-10-8-7-9-11-30)40(25-31-14-16-32(38)17-15-31)36(42)26-41(33-22-28(3)21-29(4)23-33)46(44,45)34-18-12-27(2)13-19-34/h7-19,21-23,35H,5-6,20,24-26H2,1-4H3,(H,39,43)/t35-/m0/s1. The van der Waals surface area contributed by atoms with Gasteiger partial charge in [0, 0.05) is 24.0 Å². The summed E-state index contributed by atoms with van der Waals surface area (Å²) in [4.78, 5) is 30.1. The largest absolute Gasteiger partial charge is 0.354 e. The number of benzene rings is 4. The molecule has 46 heavy (non-hydrogen) atoms. The summed E-state index contributed by atoms with van der Waals surface area (Å²) in [5.41, 5.74) is 4.76. The zero-order chi connectivity index (χ0) is 33.3. The van der Waals surface area contributed by atoms with E-state index in [9.17, 15) is 18.0 Å². The van der Waals surface area contributed by atoms with E-state index in [1.807, 2.05) is 88.4 Å². The normalized spacial score (nSPS) is 11.9. The molecule has 0 spiro atoms. The Morgan fingerprint density at radius 2 is 1.43 bits per heavy atom. The van der Waals surface area contributed by atoms with Crippen LogP contribution in [0.1, 0.15) is 47.6 Å². The summed E-state index contributed by atoms with van der Waals surface area (Å²) in [5, 5.41) is 3.02. The molecule has 4 aromatic rings. The molecule has 0 saturated heterocycles. The van der Waals surface area contributed by atoms with E-state index in [0.29, 0.717) is 12.2 Å². The molecule has 0 heterocycles. The maximum absolute atomic E-state index is 14.6. The van der Waals surface area contributed by atoms with Gasteiger partial charge in [0.2, 0.25) is 11.8 Å². The van der Waals surface area contributed by atoms with E-state index in [-0.39, 0.29) is 23.8 Å². The van der Waals surface area contributed by atoms with Gasteiger partial charge in [-0.2, -0.15) is 0 Å². The van der Waals surface area contributed by atoms with E-state index in [1.54, 1.807) is 36.4 Å². The third kappa shape index (κ3) is 9.30. The van der Waals surface area contributed by atoms with Gasteiger partial charge in [-0.3, -0.25) is 13.9 Å². The lowest BCUT2D eigenvalue weighted by Gasteiger charge is -2.34. The van der Waals surface area contributed by atoms with Crippen molar-refractivity contribution in [3.05, 3.63) is 129 Å². The SMILES string of the molecule is CCCCNC(=O)[C@H](Cc1ccccc1)N(Cc1ccc(Br)cc1)C(=O)CN(c1cc(C)cc(C)c1)S(=O)(=O)c1ccc(C)cc1. The van der Waals surface area contributed by atoms with Gasteiger partial charge in [0.05, 0.1) is 10.6 Å². The number of sulfonamides is 1. The Morgan fingerprint density at radius 3 is 2.04 bits per heavy atom. The van der Waals surface area contributed by atoms with Crippen molar-refractivity contribution in [3.8, 4) is 0 Å². The first-order valence-electron chi connectivity index (χ1n) is 15.5. The van der Waals surface area contributed by atoms with Crippen LogP contribution in [-0.2, 0) is 32.6 Å². The lowest BCUT2D eigenvalue weighted by Crippen LogP contribution is -2.53. The molecule has 9 heteroatoms. The Bertz CT molecular complexity index is 1710. The number of nitrogens with zero attached hydrogens (tertiary/aromatic N) is 2. The van der Waals surface area contributed by atoms with Crippen molar-refractivity contribution in [2.45, 2.75) is 64.4 Å². The number of halogens is 1. The fraction of sp³-hybridized carbons (Fsp3) is 0.297. The number of hydrogen-bond acceptors (Lipinski definition) is 4. The molecule has 0 unspecified atom stereocenters. The van der Waals surface area contributed by atoms with Gasteiger partial charge in [-0.1, -0.05) is 95.5 Å². The first-order chi connectivity index (χ1) is 22.0. The number of carbonyl (C=O) groups excluding carboxylic acids is 2. The molecule has 1 N–H and O–H groups in total. The van der Waals surface area contributed by atoms with E-state index >= 15 is 0 Å². The van der Waals surface area contributed by atoms with Crippen LogP contribution >= 0.6 is 15.9 Å². The average molecular weight is 705 g/mol. The first kappa shape index (κ1) is 34.9. The summed E-state index contributed by atoms with van der Waals surface area (Å²) in [5.74, 6) is -0.758. The van der Waals surface area contributed by atoms with Crippen LogP contribution in [0.15, 0.2) is 106 Å². The summed E-state index contributed by atoms with van der Waals surface area (Å²) in [6.45, 7) is 7.85. The van der Waals surface area contributed by atoms with Crippen LogP contribution in [0.4, 0.5) is 5.69 Å². The minimum Gasteiger partial charge on any atom is -0.354 e. The van der Waals surface area contributed by atoms with E-state index in [2.05, 4.69) is 21.2 Å². The minimum atomic E-state index is -4.15. The molecule has 0 saturated carbocycles. The number of rotatable bonds is 14. The highest BCUT2D eigenvalue weighted by Crippen LogP contribution is 2.27. The molecular formula is C37H42BrN3O4S. The fourth-order valence-electron chi connectivity index (χ4n) is 5.31. The zero-order valence-electron chi connectivity index (χ0n) is 26.9. The van der Waals surface area contributed by atoms with Crippen molar-refractivity contribution >= 4 is 43.5 Å². The molecule has 242 valence electrons. The Balaban J connectivity index is 1.81. The molecule has 1 atom stereocenters. The van der Waals surface area contributed by atoms with E-state index in [0.717, 1.165) is 45.1 Å². The van der Waals surface area contributed by atoms with E-state index in [4.69, 9.17) is 0 Å². The van der Waals surface area contributed by atoms with Crippen LogP contribution in [-0.4, -0.2) is 44.3 Å². The van der Waals surface area contributed by atoms with Crippen molar-refractivity contribution in [1.82, 2.24) is 10.2 Å². The average Bonchev–Trinajstić information content (AvgIpc) is 3.02. The molecule has 0 bridgehead atoms. The summed E-state index contributed by atoms with van der Waals surface area (Å²) < 4.78 is 30.6. The van der Waals surface area contributed by atoms with Gasteiger partial charge >= 0.3 is 0 Å². The second-order valence-electron chi connectivity index (χ2n) is 11.7. The maximum atomic E-state index is 14.6. The van der Waals surface area contributed by atoms with Crippen molar-refractivity contribution < 1.29 is 18.0 Å². The van der Waals surface area contributed by atoms with Crippen molar-refractivity contribution in [2.24, 2.45) is 0 Å². The van der Waals surface area contributed by atoms with Crippen molar-refractivity contribution in [1.29, 1.82) is 0 Å². The molecule has 0 aliphatic rings. The van der Waals surface area contributed by atoms with Crippen molar-refractivity contribution in [3.63, 3.8) is 0 Å². The number of unbranched alkanes of at least 4 members (excludes halogenated alkanes) is 1. The van der Waals surface area contributed by atoms with E-state index in [1.165, 1.54) is 9.21 Å². The molecule has 0 aliphatic carbocycles. The third-order valence-electron chi connectivity index (χ3n) is 7.75. The van der Waals surface area contributed by atoms with Gasteiger partial charge in [0.1, 0.15) is 12.6 Å². The highest BCUT2D eigenvalue weighted by Gasteiger charge is 2.34. The topological polar surface area (TPSA) is 86.8 Å². The Kier molecular flexibility index (Phi) is 12.2. The van der Waals surface area contributed by atoms with Gasteiger partial charge < -0.3 is 10.2 Å². The molecule has 4 aromatic carbocycles. The minimum absolute atomic E-state index is 0.0858. The number of amides is 2. The van der Waals surface area contributed by atoms with Gasteiger partial charge in [0.25, 0.3) is 10.0 Å². The number of carbonyl (C=O) groups is 2. The van der Waals surface area contributed by atoms with Crippen LogP contribution in [0.5, 0.6) is 0 Å². The van der Waals surface area contributed by atoms with Gasteiger partial charge in [-0.05, 0) is 85.8 Å². The zero-order valence-corrected chi connectivity index (χ0v) is 29.3. The van der Waals surface area contributed by atoms with Crippen LogP contribution in [0.2, 0.25) is 0 Å². The smallest absolute Gasteiger partial charge is 0.264 e.